The van der Waals surface area contributed by atoms with Gasteiger partial charge < -0.3 is 0 Å². The van der Waals surface area contributed by atoms with Gasteiger partial charge in [0.2, 0.25) is 0 Å². The van der Waals surface area contributed by atoms with E-state index in [2.05, 4.69) is 70.6 Å². The Bertz CT molecular complexity index is 543. The van der Waals surface area contributed by atoms with Gasteiger partial charge in [0.25, 0.3) is 0 Å². The molecular weight excluding hydrogens is 413 g/mol. The first-order valence-electron chi connectivity index (χ1n) is 6.90. The number of fused-ring (bicyclic) bond motifs is 1. The first kappa shape index (κ1) is 15.3. The van der Waals surface area contributed by atoms with Gasteiger partial charge in [-0.1, -0.05) is 53.5 Å². The lowest BCUT2D eigenvalue weighted by Crippen LogP contribution is -2.14. The van der Waals surface area contributed by atoms with Crippen molar-refractivity contribution in [1.82, 2.24) is 0 Å². The molecule has 4 heterocycles. The van der Waals surface area contributed by atoms with Crippen LogP contribution in [0.5, 0.6) is 0 Å². The van der Waals surface area contributed by atoms with Crippen LogP contribution in [0.25, 0.3) is 0 Å². The molecule has 8 heteroatoms. The highest BCUT2D eigenvalue weighted by Gasteiger charge is 2.40. The Morgan fingerprint density at radius 1 is 0.571 bits per heavy atom. The molecule has 1 aliphatic carbocycles. The lowest BCUT2D eigenvalue weighted by atomic mass is 10.4. The van der Waals surface area contributed by atoms with E-state index in [-0.39, 0.29) is 0 Å². The number of rotatable bonds is 0. The first-order valence-corrected chi connectivity index (χ1v) is 13.9. The third-order valence-corrected chi connectivity index (χ3v) is 16.4. The van der Waals surface area contributed by atoms with E-state index in [1.165, 1.54) is 30.8 Å². The molecule has 0 aromatic rings. The fourth-order valence-electron chi connectivity index (χ4n) is 2.74. The fraction of sp³-hybridized carbons (Fsp3) is 0.538. The summed E-state index contributed by atoms with van der Waals surface area (Å²) in [6, 6.07) is 0. The highest BCUT2D eigenvalue weighted by Crippen LogP contribution is 2.69. The zero-order valence-electron chi connectivity index (χ0n) is 11.0. The molecule has 0 nitrogen and oxygen atoms in total. The summed E-state index contributed by atoms with van der Waals surface area (Å²) in [7, 11) is 0. The lowest BCUT2D eigenvalue weighted by molar-refractivity contribution is 0.891. The Labute approximate surface area is 159 Å². The second-order valence-corrected chi connectivity index (χ2v) is 15.4. The van der Waals surface area contributed by atoms with Gasteiger partial charge in [-0.2, -0.15) is 0 Å². The van der Waals surface area contributed by atoms with E-state index < -0.39 is 0 Å². The minimum Gasteiger partial charge on any atom is -0.116 e. The second kappa shape index (κ2) is 6.39. The van der Waals surface area contributed by atoms with E-state index in [4.69, 9.17) is 0 Å². The van der Waals surface area contributed by atoms with E-state index in [1.54, 1.807) is 25.4 Å². The fourth-order valence-corrected chi connectivity index (χ4v) is 15.9. The van der Waals surface area contributed by atoms with Crippen molar-refractivity contribution >= 4 is 94.1 Å². The van der Waals surface area contributed by atoms with Crippen molar-refractivity contribution in [1.29, 1.82) is 0 Å². The van der Waals surface area contributed by atoms with Gasteiger partial charge >= 0.3 is 0 Å². The molecule has 2 unspecified atom stereocenters. The number of hydrogen-bond acceptors (Lipinski definition) is 8. The summed E-state index contributed by atoms with van der Waals surface area (Å²) in [5.41, 5.74) is 0. The number of hydrogen-bond donors (Lipinski definition) is 0. The van der Waals surface area contributed by atoms with Crippen LogP contribution < -0.4 is 0 Å². The minimum absolute atomic E-state index is 0.896. The predicted octanol–water partition coefficient (Wildman–Crippen LogP) is 7.21. The number of thioether (sulfide) groups is 8. The van der Waals surface area contributed by atoms with Crippen LogP contribution in [0.2, 0.25) is 0 Å². The Morgan fingerprint density at radius 2 is 1.05 bits per heavy atom. The molecule has 0 saturated heterocycles. The van der Waals surface area contributed by atoms with Crippen LogP contribution in [0.15, 0.2) is 25.4 Å². The van der Waals surface area contributed by atoms with Gasteiger partial charge in [-0.05, 0) is 12.8 Å². The third-order valence-electron chi connectivity index (χ3n) is 3.70. The second-order valence-electron chi connectivity index (χ2n) is 5.07. The quantitative estimate of drug-likeness (QED) is 0.395. The summed E-state index contributed by atoms with van der Waals surface area (Å²) >= 11 is 16.7. The normalized spacial score (nSPS) is 35.4. The zero-order chi connectivity index (χ0) is 13.8. The maximum Gasteiger partial charge on any atom is 0.0717 e. The van der Waals surface area contributed by atoms with Gasteiger partial charge in [-0.3, -0.25) is 0 Å². The van der Waals surface area contributed by atoms with E-state index >= 15 is 0 Å². The van der Waals surface area contributed by atoms with E-state index in [0.717, 1.165) is 10.5 Å². The summed E-state index contributed by atoms with van der Waals surface area (Å²) in [6.07, 6.45) is 4.31. The minimum atomic E-state index is 0.896. The Hall–Kier alpha value is 2.02. The van der Waals surface area contributed by atoms with Crippen molar-refractivity contribution < 1.29 is 0 Å². The summed E-state index contributed by atoms with van der Waals surface area (Å²) in [5.74, 6) is 2.56. The van der Waals surface area contributed by atoms with E-state index in [9.17, 15) is 0 Å². The van der Waals surface area contributed by atoms with Crippen LogP contribution in [-0.2, 0) is 0 Å². The summed E-state index contributed by atoms with van der Waals surface area (Å²) < 4.78 is 9.48. The summed E-state index contributed by atoms with van der Waals surface area (Å²) in [6.45, 7) is 0. The van der Waals surface area contributed by atoms with Crippen molar-refractivity contribution in [2.24, 2.45) is 0 Å². The molecule has 0 amide bonds. The molecule has 0 N–H and O–H groups in total. The SMILES string of the molecule is C1CC2SC3=C(SC(=C4SC5=C(SCCS5)S4)S3)SC2C1. The molecule has 2 atom stereocenters. The van der Waals surface area contributed by atoms with Gasteiger partial charge in [0.1, 0.15) is 0 Å². The van der Waals surface area contributed by atoms with Crippen LogP contribution in [0.4, 0.5) is 0 Å². The molecule has 0 aromatic carbocycles. The monoisotopic (exact) mass is 424 g/mol. The third kappa shape index (κ3) is 2.92. The lowest BCUT2D eigenvalue weighted by Gasteiger charge is -2.24. The molecule has 112 valence electrons. The topological polar surface area (TPSA) is 0 Å². The van der Waals surface area contributed by atoms with Crippen LogP contribution in [0.1, 0.15) is 19.3 Å². The molecule has 5 rings (SSSR count). The maximum absolute atomic E-state index is 2.18. The average molecular weight is 425 g/mol. The van der Waals surface area contributed by atoms with Crippen molar-refractivity contribution in [3.05, 3.63) is 25.4 Å². The van der Waals surface area contributed by atoms with Crippen molar-refractivity contribution in [2.45, 2.75) is 29.8 Å². The largest absolute Gasteiger partial charge is 0.116 e. The predicted molar refractivity (Wildman–Crippen MR) is 113 cm³/mol. The van der Waals surface area contributed by atoms with Gasteiger partial charge in [-0.15, -0.1) is 47.0 Å². The van der Waals surface area contributed by atoms with Gasteiger partial charge in [0.15, 0.2) is 0 Å². The molecular formula is C13H12S8. The summed E-state index contributed by atoms with van der Waals surface area (Å²) in [4.78, 5) is 0. The van der Waals surface area contributed by atoms with Crippen LogP contribution in [-0.4, -0.2) is 22.0 Å². The molecule has 0 bridgehead atoms. The molecule has 5 aliphatic rings. The van der Waals surface area contributed by atoms with Gasteiger partial charge in [-0.25, -0.2) is 0 Å². The molecule has 0 radical (unpaired) electrons. The van der Waals surface area contributed by atoms with Crippen LogP contribution >= 0.6 is 94.1 Å². The van der Waals surface area contributed by atoms with Crippen molar-refractivity contribution in [2.75, 3.05) is 11.5 Å². The smallest absolute Gasteiger partial charge is 0.0717 e. The Balaban J connectivity index is 1.35. The molecule has 1 saturated carbocycles. The maximum atomic E-state index is 2.18. The van der Waals surface area contributed by atoms with E-state index in [1.807, 2.05) is 23.5 Å². The van der Waals surface area contributed by atoms with Gasteiger partial charge in [0.05, 0.1) is 25.4 Å². The Kier molecular flexibility index (Phi) is 4.65. The van der Waals surface area contributed by atoms with Crippen LogP contribution in [0, 0.1) is 0 Å². The molecule has 0 spiro atoms. The Morgan fingerprint density at radius 3 is 1.57 bits per heavy atom. The van der Waals surface area contributed by atoms with Crippen LogP contribution in [0.3, 0.4) is 0 Å². The van der Waals surface area contributed by atoms with E-state index in [0.29, 0.717) is 0 Å². The highest BCUT2D eigenvalue weighted by molar-refractivity contribution is 8.45. The zero-order valence-corrected chi connectivity index (χ0v) is 17.5. The summed E-state index contributed by atoms with van der Waals surface area (Å²) in [5, 5.41) is 1.79. The average Bonchev–Trinajstić information content (AvgIpc) is 3.20. The first-order chi connectivity index (χ1) is 10.4. The van der Waals surface area contributed by atoms with Crippen molar-refractivity contribution in [3.8, 4) is 0 Å². The van der Waals surface area contributed by atoms with Crippen molar-refractivity contribution in [3.63, 3.8) is 0 Å². The molecule has 0 aromatic heterocycles. The van der Waals surface area contributed by atoms with Gasteiger partial charge in [0, 0.05) is 22.0 Å². The molecule has 21 heavy (non-hydrogen) atoms. The standard InChI is InChI=1S/C13H12S8/c1-2-6-7(3-1)17-11-10(16-6)20-13(21-11)12-18-8-9(19-12)15-5-4-14-8/h6-7H,1-5H2. The highest BCUT2D eigenvalue weighted by atomic mass is 32.3. The molecule has 4 aliphatic heterocycles. The molecule has 1 fully saturated rings.